The molecule has 0 amide bonds. The number of benzene rings is 2. The molecule has 0 saturated carbocycles. The maximum Gasteiger partial charge on any atom is 0.338 e. The van der Waals surface area contributed by atoms with E-state index in [0.717, 1.165) is 11.1 Å². The van der Waals surface area contributed by atoms with E-state index >= 15 is 0 Å². The fraction of sp³-hybridized carbons (Fsp3) is 0.333. The number of halogens is 2. The zero-order chi connectivity index (χ0) is 29.8. The maximum absolute atomic E-state index is 14.0. The average molecular weight is 657 g/mol. The fourth-order valence-corrected chi connectivity index (χ4v) is 6.48. The van der Waals surface area contributed by atoms with Crippen molar-refractivity contribution in [1.82, 2.24) is 20.1 Å². The summed E-state index contributed by atoms with van der Waals surface area (Å²) < 4.78 is 20.0. The highest BCUT2D eigenvalue weighted by atomic mass is 79.9. The lowest BCUT2D eigenvalue weighted by Gasteiger charge is -2.39. The molecule has 2 aromatic carbocycles. The van der Waals surface area contributed by atoms with Crippen LogP contribution in [0.4, 0.5) is 4.39 Å². The predicted octanol–water partition coefficient (Wildman–Crippen LogP) is 4.70. The van der Waals surface area contributed by atoms with Crippen LogP contribution in [0.3, 0.4) is 0 Å². The smallest absolute Gasteiger partial charge is 0.338 e. The minimum atomic E-state index is -0.882. The lowest BCUT2D eigenvalue weighted by molar-refractivity contribution is -0.144. The van der Waals surface area contributed by atoms with Crippen LogP contribution >= 0.6 is 27.3 Å². The van der Waals surface area contributed by atoms with Crippen molar-refractivity contribution in [3.05, 3.63) is 97.3 Å². The Morgan fingerprint density at radius 2 is 2.00 bits per heavy atom. The van der Waals surface area contributed by atoms with Crippen LogP contribution in [-0.2, 0) is 14.3 Å². The molecule has 0 bridgehead atoms. The highest BCUT2D eigenvalue weighted by molar-refractivity contribution is 9.10. The summed E-state index contributed by atoms with van der Waals surface area (Å²) in [6.07, 6.45) is 1.68. The number of aliphatic carboxylic acids is 1. The number of carboxylic acid groups (broad SMARTS) is 1. The number of nitrogens with one attached hydrogen (secondary N) is 1. The number of aryl methyl sites for hydroxylation is 1. The highest BCUT2D eigenvalue weighted by Crippen LogP contribution is 2.37. The second-order valence-corrected chi connectivity index (χ2v) is 11.8. The first-order valence-corrected chi connectivity index (χ1v) is 15.3. The molecule has 2 N–H and O–H groups in total. The summed E-state index contributed by atoms with van der Waals surface area (Å²) in [6.45, 7) is 6.51. The Balaban J connectivity index is 1.44. The van der Waals surface area contributed by atoms with Gasteiger partial charge in [-0.2, -0.15) is 0 Å². The number of thiazole rings is 1. The molecule has 2 atom stereocenters. The van der Waals surface area contributed by atoms with Gasteiger partial charge < -0.3 is 15.2 Å². The highest BCUT2D eigenvalue weighted by Gasteiger charge is 2.36. The Bertz CT molecular complexity index is 1520. The lowest BCUT2D eigenvalue weighted by atomic mass is 9.95. The van der Waals surface area contributed by atoms with E-state index < -0.39 is 29.8 Å². The number of rotatable bonds is 9. The van der Waals surface area contributed by atoms with Crippen molar-refractivity contribution in [2.75, 3.05) is 39.3 Å². The third kappa shape index (κ3) is 6.62. The van der Waals surface area contributed by atoms with Gasteiger partial charge in [0.25, 0.3) is 0 Å². The number of aromatic nitrogens is 1. The fourth-order valence-electron chi connectivity index (χ4n) is 5.32. The molecule has 1 fully saturated rings. The number of esters is 1. The van der Waals surface area contributed by atoms with Gasteiger partial charge in [0.2, 0.25) is 0 Å². The molecule has 3 aromatic rings. The van der Waals surface area contributed by atoms with Crippen molar-refractivity contribution in [2.24, 2.45) is 4.99 Å². The van der Waals surface area contributed by atoms with E-state index in [-0.39, 0.29) is 6.61 Å². The monoisotopic (exact) mass is 655 g/mol. The van der Waals surface area contributed by atoms with Gasteiger partial charge in [0, 0.05) is 54.5 Å². The van der Waals surface area contributed by atoms with E-state index in [0.29, 0.717) is 64.9 Å². The van der Waals surface area contributed by atoms with Gasteiger partial charge in [-0.15, -0.1) is 11.3 Å². The van der Waals surface area contributed by atoms with Gasteiger partial charge in [-0.1, -0.05) is 51.8 Å². The molecule has 42 heavy (non-hydrogen) atoms. The second kappa shape index (κ2) is 13.2. The van der Waals surface area contributed by atoms with E-state index in [1.165, 1.54) is 23.5 Å². The number of nitrogens with zero attached hydrogens (tertiary/aromatic N) is 4. The van der Waals surface area contributed by atoms with Crippen LogP contribution in [0.1, 0.15) is 40.7 Å². The molecule has 12 heteroatoms. The minimum Gasteiger partial charge on any atom is -0.480 e. The van der Waals surface area contributed by atoms with Gasteiger partial charge in [0.15, 0.2) is 10.8 Å². The Hall–Kier alpha value is -3.45. The van der Waals surface area contributed by atoms with Gasteiger partial charge in [-0.25, -0.2) is 14.2 Å². The molecule has 0 radical (unpaired) electrons. The second-order valence-electron chi connectivity index (χ2n) is 10.1. The van der Waals surface area contributed by atoms with Gasteiger partial charge in [-0.3, -0.25) is 19.6 Å². The predicted molar refractivity (Wildman–Crippen MR) is 162 cm³/mol. The third-order valence-corrected chi connectivity index (χ3v) is 8.73. The summed E-state index contributed by atoms with van der Waals surface area (Å²) in [7, 11) is 0. The molecule has 2 aliphatic rings. The minimum absolute atomic E-state index is 0.185. The number of carbonyl (C=O) groups excluding carboxylic acids is 1. The molecule has 220 valence electrons. The van der Waals surface area contributed by atoms with Gasteiger partial charge >= 0.3 is 11.9 Å². The SMILES string of the molecule is CCOC(=O)C1=C(CN2CCN(C(C(=O)O)c3cccc(C)c3)CC2)NC(c2nccs2)=NC1c1ccc(F)cc1Br. The summed E-state index contributed by atoms with van der Waals surface area (Å²) in [6, 6.07) is 10.4. The zero-order valence-corrected chi connectivity index (χ0v) is 25.6. The summed E-state index contributed by atoms with van der Waals surface area (Å²) >= 11 is 4.88. The van der Waals surface area contributed by atoms with Crippen LogP contribution in [0.5, 0.6) is 0 Å². The van der Waals surface area contributed by atoms with Crippen LogP contribution in [0.25, 0.3) is 0 Å². The Kier molecular flexibility index (Phi) is 9.47. The Labute approximate surface area is 255 Å². The molecule has 2 aliphatic heterocycles. The molecule has 9 nitrogen and oxygen atoms in total. The van der Waals surface area contributed by atoms with Crippen molar-refractivity contribution in [2.45, 2.75) is 25.9 Å². The van der Waals surface area contributed by atoms with Crippen LogP contribution in [0.2, 0.25) is 0 Å². The van der Waals surface area contributed by atoms with Crippen molar-refractivity contribution in [1.29, 1.82) is 0 Å². The number of hydrogen-bond donors (Lipinski definition) is 2. The number of carboxylic acids is 1. The van der Waals surface area contributed by atoms with Crippen LogP contribution in [0, 0.1) is 12.7 Å². The molecule has 1 saturated heterocycles. The van der Waals surface area contributed by atoms with Gasteiger partial charge in [0.1, 0.15) is 17.9 Å². The number of piperazine rings is 1. The van der Waals surface area contributed by atoms with E-state index in [4.69, 9.17) is 9.73 Å². The first-order chi connectivity index (χ1) is 20.2. The zero-order valence-electron chi connectivity index (χ0n) is 23.2. The van der Waals surface area contributed by atoms with E-state index in [2.05, 4.69) is 31.1 Å². The van der Waals surface area contributed by atoms with Crippen LogP contribution in [0.15, 0.2) is 74.8 Å². The molecule has 3 heterocycles. The van der Waals surface area contributed by atoms with E-state index in [9.17, 15) is 19.1 Å². The number of aliphatic imine (C=N–C) groups is 1. The van der Waals surface area contributed by atoms with Crippen LogP contribution in [-0.4, -0.2) is 77.0 Å². The Morgan fingerprint density at radius 3 is 2.64 bits per heavy atom. The number of ether oxygens (including phenoxy) is 1. The molecule has 0 spiro atoms. The lowest BCUT2D eigenvalue weighted by Crippen LogP contribution is -2.51. The number of carbonyl (C=O) groups is 2. The quantitative estimate of drug-likeness (QED) is 0.320. The van der Waals surface area contributed by atoms with E-state index in [1.807, 2.05) is 41.5 Å². The van der Waals surface area contributed by atoms with Gasteiger partial charge in [-0.05, 0) is 37.1 Å². The molecule has 1 aromatic heterocycles. The number of hydrogen-bond acceptors (Lipinski definition) is 9. The maximum atomic E-state index is 14.0. The molecule has 2 unspecified atom stereocenters. The summed E-state index contributed by atoms with van der Waals surface area (Å²) in [4.78, 5) is 39.1. The standard InChI is InChI=1S/C30H31BrFN5O4S/c1-3-41-30(40)24-23(17-36-10-12-37(13-11-36)26(29(38)39)19-6-4-5-18(2)15-19)34-27(28-33-9-14-42-28)35-25(24)21-8-7-20(32)16-22(21)31/h4-9,14-16,25-26H,3,10-13,17H2,1-2H3,(H,34,35)(H,38,39). The average Bonchev–Trinajstić information content (AvgIpc) is 3.49. The van der Waals surface area contributed by atoms with Crippen molar-refractivity contribution < 1.29 is 23.8 Å². The van der Waals surface area contributed by atoms with Gasteiger partial charge in [0.05, 0.1) is 12.2 Å². The topological polar surface area (TPSA) is 107 Å². The molecular weight excluding hydrogens is 625 g/mol. The molecule has 5 rings (SSSR count). The molecule has 0 aliphatic carbocycles. The first kappa shape index (κ1) is 30.0. The largest absolute Gasteiger partial charge is 0.480 e. The number of amidine groups is 1. The van der Waals surface area contributed by atoms with Crippen LogP contribution < -0.4 is 5.32 Å². The first-order valence-electron chi connectivity index (χ1n) is 13.6. The van der Waals surface area contributed by atoms with E-state index in [1.54, 1.807) is 19.2 Å². The third-order valence-electron chi connectivity index (χ3n) is 7.26. The van der Waals surface area contributed by atoms with Crippen molar-refractivity contribution in [3.63, 3.8) is 0 Å². The summed E-state index contributed by atoms with van der Waals surface area (Å²) in [5, 5.41) is 15.9. The van der Waals surface area contributed by atoms with Crippen molar-refractivity contribution >= 4 is 45.0 Å². The summed E-state index contributed by atoms with van der Waals surface area (Å²) in [5.74, 6) is -1.29. The Morgan fingerprint density at radius 1 is 1.21 bits per heavy atom. The molecular formula is C30H31BrFN5O4S. The summed E-state index contributed by atoms with van der Waals surface area (Å²) in [5.41, 5.74) is 3.36. The van der Waals surface area contributed by atoms with Crippen molar-refractivity contribution in [3.8, 4) is 0 Å². The normalized spacial score (nSPS) is 18.8.